The Balaban J connectivity index is 1.72. The summed E-state index contributed by atoms with van der Waals surface area (Å²) < 4.78 is 13.1. The molecule has 126 valence electrons. The van der Waals surface area contributed by atoms with Gasteiger partial charge in [0, 0.05) is 36.6 Å². The minimum absolute atomic E-state index is 0.0163. The first-order chi connectivity index (χ1) is 11.5. The summed E-state index contributed by atoms with van der Waals surface area (Å²) in [4.78, 5) is 10.1. The smallest absolute Gasteiger partial charge is 0.269 e. The molecule has 0 heterocycles. The zero-order valence-corrected chi connectivity index (χ0v) is 14.0. The van der Waals surface area contributed by atoms with Crippen LogP contribution >= 0.6 is 23.8 Å². The van der Waals surface area contributed by atoms with E-state index in [9.17, 15) is 14.5 Å². The van der Waals surface area contributed by atoms with Crippen LogP contribution in [0.15, 0.2) is 42.5 Å². The van der Waals surface area contributed by atoms with E-state index in [4.69, 9.17) is 23.8 Å². The number of rotatable bonds is 6. The number of anilines is 2. The van der Waals surface area contributed by atoms with Crippen LogP contribution in [0.2, 0.25) is 5.02 Å². The quantitative estimate of drug-likeness (QED) is 0.311. The SMILES string of the molecule is O=[N+]([O-])c1ccc(NCCNC(=S)Nc2ccc(F)c(Cl)c2)cc1. The monoisotopic (exact) mass is 368 g/mol. The second-order valence-electron chi connectivity index (χ2n) is 4.74. The lowest BCUT2D eigenvalue weighted by molar-refractivity contribution is -0.384. The zero-order chi connectivity index (χ0) is 17.5. The first kappa shape index (κ1) is 17.9. The number of thiocarbonyl (C=S) groups is 1. The van der Waals surface area contributed by atoms with Crippen LogP contribution in [0.5, 0.6) is 0 Å². The summed E-state index contributed by atoms with van der Waals surface area (Å²) in [6.45, 7) is 1.08. The van der Waals surface area contributed by atoms with Crippen molar-refractivity contribution in [2.45, 2.75) is 0 Å². The van der Waals surface area contributed by atoms with Gasteiger partial charge < -0.3 is 16.0 Å². The summed E-state index contributed by atoms with van der Waals surface area (Å²) in [5.41, 5.74) is 1.40. The molecular formula is C15H14ClFN4O2S. The second-order valence-corrected chi connectivity index (χ2v) is 5.56. The van der Waals surface area contributed by atoms with Gasteiger partial charge in [-0.3, -0.25) is 10.1 Å². The summed E-state index contributed by atoms with van der Waals surface area (Å²) in [5.74, 6) is -0.492. The number of non-ortho nitro benzene ring substituents is 1. The average Bonchev–Trinajstić information content (AvgIpc) is 2.55. The Morgan fingerprint density at radius 3 is 2.46 bits per heavy atom. The fourth-order valence-corrected chi connectivity index (χ4v) is 2.23. The first-order valence-electron chi connectivity index (χ1n) is 6.94. The lowest BCUT2D eigenvalue weighted by Gasteiger charge is -2.12. The van der Waals surface area contributed by atoms with Crippen LogP contribution in [-0.4, -0.2) is 23.1 Å². The van der Waals surface area contributed by atoms with Gasteiger partial charge in [0.2, 0.25) is 0 Å². The van der Waals surface area contributed by atoms with Crippen LogP contribution in [-0.2, 0) is 0 Å². The minimum atomic E-state index is -0.492. The van der Waals surface area contributed by atoms with Crippen LogP contribution in [0, 0.1) is 15.9 Å². The number of nitro benzene ring substituents is 1. The minimum Gasteiger partial charge on any atom is -0.383 e. The normalized spacial score (nSPS) is 10.1. The number of hydrogen-bond acceptors (Lipinski definition) is 4. The third-order valence-corrected chi connectivity index (χ3v) is 3.53. The van der Waals surface area contributed by atoms with Gasteiger partial charge in [0.25, 0.3) is 5.69 Å². The Bertz CT molecular complexity index is 743. The Morgan fingerprint density at radius 1 is 1.17 bits per heavy atom. The molecule has 2 aromatic rings. The van der Waals surface area contributed by atoms with Crippen molar-refractivity contribution >= 4 is 46.0 Å². The lowest BCUT2D eigenvalue weighted by atomic mass is 10.3. The van der Waals surface area contributed by atoms with Gasteiger partial charge in [0.15, 0.2) is 5.11 Å². The summed E-state index contributed by atoms with van der Waals surface area (Å²) in [6, 6.07) is 10.4. The molecule has 0 spiro atoms. The summed E-state index contributed by atoms with van der Waals surface area (Å²) >= 11 is 10.8. The van der Waals surface area contributed by atoms with Crippen LogP contribution in [0.1, 0.15) is 0 Å². The van der Waals surface area contributed by atoms with E-state index in [1.54, 1.807) is 12.1 Å². The number of nitrogens with zero attached hydrogens (tertiary/aromatic N) is 1. The first-order valence-corrected chi connectivity index (χ1v) is 7.72. The van der Waals surface area contributed by atoms with Gasteiger partial charge in [-0.2, -0.15) is 0 Å². The van der Waals surface area contributed by atoms with Crippen molar-refractivity contribution < 1.29 is 9.31 Å². The third-order valence-electron chi connectivity index (χ3n) is 3.00. The molecule has 0 saturated carbocycles. The zero-order valence-electron chi connectivity index (χ0n) is 12.4. The van der Waals surface area contributed by atoms with Crippen molar-refractivity contribution in [1.29, 1.82) is 0 Å². The fourth-order valence-electron chi connectivity index (χ4n) is 1.83. The predicted octanol–water partition coefficient (Wildman–Crippen LogP) is 3.79. The summed E-state index contributed by atoms with van der Waals surface area (Å²) in [5, 5.41) is 19.9. The molecule has 6 nitrogen and oxygen atoms in total. The Morgan fingerprint density at radius 2 is 1.83 bits per heavy atom. The van der Waals surface area contributed by atoms with Gasteiger partial charge in [-0.15, -0.1) is 0 Å². The van der Waals surface area contributed by atoms with E-state index in [0.29, 0.717) is 23.9 Å². The summed E-state index contributed by atoms with van der Waals surface area (Å²) in [6.07, 6.45) is 0. The molecule has 0 amide bonds. The van der Waals surface area contributed by atoms with Crippen LogP contribution in [0.4, 0.5) is 21.5 Å². The molecule has 24 heavy (non-hydrogen) atoms. The highest BCUT2D eigenvalue weighted by Crippen LogP contribution is 2.19. The van der Waals surface area contributed by atoms with Crippen molar-refractivity contribution in [2.24, 2.45) is 0 Å². The molecule has 3 N–H and O–H groups in total. The van der Waals surface area contributed by atoms with Crippen molar-refractivity contribution in [1.82, 2.24) is 5.32 Å². The van der Waals surface area contributed by atoms with Crippen molar-refractivity contribution in [3.8, 4) is 0 Å². The lowest BCUT2D eigenvalue weighted by Crippen LogP contribution is -2.32. The molecule has 0 unspecified atom stereocenters. The molecule has 0 saturated heterocycles. The number of halogens is 2. The van der Waals surface area contributed by atoms with Crippen LogP contribution in [0.25, 0.3) is 0 Å². The average molecular weight is 369 g/mol. The topological polar surface area (TPSA) is 79.2 Å². The number of nitrogens with one attached hydrogen (secondary N) is 3. The van der Waals surface area contributed by atoms with E-state index in [-0.39, 0.29) is 10.7 Å². The van der Waals surface area contributed by atoms with Crippen molar-refractivity contribution in [2.75, 3.05) is 23.7 Å². The molecule has 0 bridgehead atoms. The van der Waals surface area contributed by atoms with Gasteiger partial charge in [0.05, 0.1) is 9.95 Å². The molecule has 0 aliphatic rings. The standard InChI is InChI=1S/C15H14ClFN4O2S/c16-13-9-11(3-6-14(13)17)20-15(24)19-8-7-18-10-1-4-12(5-2-10)21(22)23/h1-6,9,18H,7-8H2,(H2,19,20,24). The molecule has 0 atom stereocenters. The molecule has 0 fully saturated rings. The maximum absolute atomic E-state index is 13.1. The Hall–Kier alpha value is -2.45. The highest BCUT2D eigenvalue weighted by molar-refractivity contribution is 7.80. The number of nitro groups is 1. The van der Waals surface area contributed by atoms with Gasteiger partial charge in [-0.05, 0) is 42.5 Å². The molecule has 0 radical (unpaired) electrons. The van der Waals surface area contributed by atoms with E-state index in [0.717, 1.165) is 5.69 Å². The molecule has 2 rings (SSSR count). The van der Waals surface area contributed by atoms with Crippen molar-refractivity contribution in [3.05, 3.63) is 63.4 Å². The second kappa shape index (κ2) is 8.42. The Kier molecular flexibility index (Phi) is 6.28. The van der Waals surface area contributed by atoms with Gasteiger partial charge in [-0.1, -0.05) is 11.6 Å². The van der Waals surface area contributed by atoms with Gasteiger partial charge >= 0.3 is 0 Å². The van der Waals surface area contributed by atoms with E-state index in [1.165, 1.54) is 30.3 Å². The van der Waals surface area contributed by atoms with Gasteiger partial charge in [0.1, 0.15) is 5.82 Å². The third kappa shape index (κ3) is 5.32. The van der Waals surface area contributed by atoms with E-state index >= 15 is 0 Å². The molecular weight excluding hydrogens is 355 g/mol. The predicted molar refractivity (Wildman–Crippen MR) is 97.2 cm³/mol. The maximum atomic E-state index is 13.1. The molecule has 9 heteroatoms. The van der Waals surface area contributed by atoms with Crippen LogP contribution in [0.3, 0.4) is 0 Å². The number of hydrogen-bond donors (Lipinski definition) is 3. The van der Waals surface area contributed by atoms with Gasteiger partial charge in [-0.25, -0.2) is 4.39 Å². The molecule has 2 aromatic carbocycles. The maximum Gasteiger partial charge on any atom is 0.269 e. The largest absolute Gasteiger partial charge is 0.383 e. The molecule has 0 aliphatic heterocycles. The Labute approximate surface area is 148 Å². The van der Waals surface area contributed by atoms with E-state index in [2.05, 4.69) is 16.0 Å². The van der Waals surface area contributed by atoms with Crippen LogP contribution < -0.4 is 16.0 Å². The fraction of sp³-hybridized carbons (Fsp3) is 0.133. The van der Waals surface area contributed by atoms with Crippen molar-refractivity contribution in [3.63, 3.8) is 0 Å². The molecule has 0 aromatic heterocycles. The van der Waals surface area contributed by atoms with E-state index < -0.39 is 10.7 Å². The highest BCUT2D eigenvalue weighted by Gasteiger charge is 2.04. The molecule has 0 aliphatic carbocycles. The van der Waals surface area contributed by atoms with E-state index in [1.807, 2.05) is 0 Å². The highest BCUT2D eigenvalue weighted by atomic mass is 35.5. The number of benzene rings is 2. The summed E-state index contributed by atoms with van der Waals surface area (Å²) in [7, 11) is 0.